The largest absolute Gasteiger partial charge is 0.347 e. The Kier molecular flexibility index (Phi) is 5.19. The highest BCUT2D eigenvalue weighted by molar-refractivity contribution is 5.88. The van der Waals surface area contributed by atoms with E-state index in [-0.39, 0.29) is 18.0 Å². The number of H-pyrrole nitrogens is 1. The second kappa shape index (κ2) is 7.10. The number of nitrogens with zero attached hydrogens (tertiary/aromatic N) is 3. The van der Waals surface area contributed by atoms with Crippen molar-refractivity contribution in [2.24, 2.45) is 0 Å². The molecule has 2 N–H and O–H groups in total. The fourth-order valence-electron chi connectivity index (χ4n) is 2.49. The normalized spacial score (nSPS) is 19.0. The average molecular weight is 293 g/mol. The topological polar surface area (TPSA) is 81.3 Å². The fourth-order valence-corrected chi connectivity index (χ4v) is 2.49. The predicted molar refractivity (Wildman–Crippen MR) is 78.5 cm³/mol. The van der Waals surface area contributed by atoms with Crippen LogP contribution >= 0.6 is 0 Å². The van der Waals surface area contributed by atoms with Gasteiger partial charge >= 0.3 is 6.03 Å². The maximum Gasteiger partial charge on any atom is 0.318 e. The number of aromatic amines is 1. The first kappa shape index (κ1) is 15.3. The molecule has 1 aromatic heterocycles. The molecule has 3 amide bonds. The first-order chi connectivity index (χ1) is 10.1. The third-order valence-electron chi connectivity index (χ3n) is 3.77. The van der Waals surface area contributed by atoms with Crippen molar-refractivity contribution >= 4 is 11.9 Å². The number of likely N-dealkylation sites (N-methyl/N-ethyl adjacent to an activating group) is 1. The number of imidazole rings is 1. The Morgan fingerprint density at radius 1 is 1.52 bits per heavy atom. The van der Waals surface area contributed by atoms with E-state index in [0.717, 1.165) is 12.8 Å². The minimum absolute atomic E-state index is 0.0304. The van der Waals surface area contributed by atoms with Gasteiger partial charge in [0.2, 0.25) is 5.91 Å². The molecule has 1 aliphatic rings. The molecule has 1 aliphatic heterocycles. The molecule has 1 saturated heterocycles. The van der Waals surface area contributed by atoms with Gasteiger partial charge in [-0.3, -0.25) is 4.79 Å². The van der Waals surface area contributed by atoms with Gasteiger partial charge in [-0.25, -0.2) is 9.78 Å². The standard InChI is InChI=1S/C14H23N5O2/c1-3-4-5-11-13(20)18(2)8-9-19(11)14(21)17-10-12-15-6-7-16-12/h6-7,11H,3-5,8-10H2,1-2H3,(H,15,16)(H,17,21). The Morgan fingerprint density at radius 2 is 2.33 bits per heavy atom. The molecule has 1 aromatic rings. The van der Waals surface area contributed by atoms with Gasteiger partial charge < -0.3 is 20.1 Å². The van der Waals surface area contributed by atoms with Crippen LogP contribution in [0.25, 0.3) is 0 Å². The van der Waals surface area contributed by atoms with Crippen molar-refractivity contribution in [1.82, 2.24) is 25.1 Å². The van der Waals surface area contributed by atoms with Gasteiger partial charge in [-0.1, -0.05) is 19.8 Å². The average Bonchev–Trinajstić information content (AvgIpc) is 2.99. The van der Waals surface area contributed by atoms with Crippen LogP contribution in [0.5, 0.6) is 0 Å². The molecule has 2 rings (SSSR count). The minimum atomic E-state index is -0.347. The third kappa shape index (κ3) is 3.74. The third-order valence-corrected chi connectivity index (χ3v) is 3.77. The molecular formula is C14H23N5O2. The zero-order valence-electron chi connectivity index (χ0n) is 12.6. The van der Waals surface area contributed by atoms with E-state index in [4.69, 9.17) is 0 Å². The number of rotatable bonds is 5. The zero-order valence-corrected chi connectivity index (χ0v) is 12.6. The second-order valence-electron chi connectivity index (χ2n) is 5.31. The van der Waals surface area contributed by atoms with Crippen LogP contribution in [0.4, 0.5) is 4.79 Å². The van der Waals surface area contributed by atoms with Gasteiger partial charge in [0.1, 0.15) is 11.9 Å². The molecule has 0 aromatic carbocycles. The molecule has 7 heteroatoms. The number of unbranched alkanes of at least 4 members (excludes halogenated alkanes) is 1. The number of piperazine rings is 1. The van der Waals surface area contributed by atoms with E-state index < -0.39 is 0 Å². The van der Waals surface area contributed by atoms with Crippen molar-refractivity contribution in [2.45, 2.75) is 38.8 Å². The van der Waals surface area contributed by atoms with Crippen LogP contribution in [0.3, 0.4) is 0 Å². The first-order valence-corrected chi connectivity index (χ1v) is 7.41. The molecule has 0 aliphatic carbocycles. The van der Waals surface area contributed by atoms with Crippen molar-refractivity contribution in [1.29, 1.82) is 0 Å². The van der Waals surface area contributed by atoms with Crippen LogP contribution in [0.2, 0.25) is 0 Å². The lowest BCUT2D eigenvalue weighted by molar-refractivity contribution is -0.138. The molecule has 0 spiro atoms. The number of aromatic nitrogens is 2. The van der Waals surface area contributed by atoms with Crippen LogP contribution < -0.4 is 5.32 Å². The van der Waals surface area contributed by atoms with E-state index in [1.165, 1.54) is 0 Å². The number of hydrogen-bond donors (Lipinski definition) is 2. The van der Waals surface area contributed by atoms with Gasteiger partial charge in [-0.05, 0) is 6.42 Å². The SMILES string of the molecule is CCCCC1C(=O)N(C)CCN1C(=O)NCc1ncc[nH]1. The Balaban J connectivity index is 1.97. The van der Waals surface area contributed by atoms with Crippen LogP contribution in [-0.2, 0) is 11.3 Å². The molecule has 1 fully saturated rings. The first-order valence-electron chi connectivity index (χ1n) is 7.41. The molecule has 0 radical (unpaired) electrons. The Labute approximate surface area is 124 Å². The lowest BCUT2D eigenvalue weighted by atomic mass is 10.0. The van der Waals surface area contributed by atoms with Crippen molar-refractivity contribution < 1.29 is 9.59 Å². The molecule has 7 nitrogen and oxygen atoms in total. The second-order valence-corrected chi connectivity index (χ2v) is 5.31. The number of carbonyl (C=O) groups is 2. The lowest BCUT2D eigenvalue weighted by Crippen LogP contribution is -2.59. The summed E-state index contributed by atoms with van der Waals surface area (Å²) in [6, 6.07) is -0.547. The monoisotopic (exact) mass is 293 g/mol. The van der Waals surface area contributed by atoms with E-state index in [0.29, 0.717) is 31.9 Å². The van der Waals surface area contributed by atoms with Crippen LogP contribution in [0.1, 0.15) is 32.0 Å². The molecule has 1 atom stereocenters. The van der Waals surface area contributed by atoms with Crippen LogP contribution in [0, 0.1) is 0 Å². The van der Waals surface area contributed by atoms with E-state index in [1.54, 1.807) is 29.2 Å². The van der Waals surface area contributed by atoms with Gasteiger partial charge in [0.25, 0.3) is 0 Å². The summed E-state index contributed by atoms with van der Waals surface area (Å²) >= 11 is 0. The summed E-state index contributed by atoms with van der Waals surface area (Å²) in [6.45, 7) is 3.57. The molecule has 0 saturated carbocycles. The van der Waals surface area contributed by atoms with Crippen molar-refractivity contribution in [3.63, 3.8) is 0 Å². The Hall–Kier alpha value is -2.05. The summed E-state index contributed by atoms with van der Waals surface area (Å²) in [5, 5.41) is 2.82. The predicted octanol–water partition coefficient (Wildman–Crippen LogP) is 0.952. The van der Waals surface area contributed by atoms with Crippen LogP contribution in [-0.4, -0.2) is 57.9 Å². The summed E-state index contributed by atoms with van der Waals surface area (Å²) in [7, 11) is 1.79. The van der Waals surface area contributed by atoms with E-state index >= 15 is 0 Å². The summed E-state index contributed by atoms with van der Waals surface area (Å²) in [4.78, 5) is 34.9. The Morgan fingerprint density at radius 3 is 3.00 bits per heavy atom. The molecule has 21 heavy (non-hydrogen) atoms. The molecule has 2 heterocycles. The maximum atomic E-state index is 12.3. The molecular weight excluding hydrogens is 270 g/mol. The summed E-state index contributed by atoms with van der Waals surface area (Å²) in [5.74, 6) is 0.733. The van der Waals surface area contributed by atoms with Crippen molar-refractivity contribution in [2.75, 3.05) is 20.1 Å². The van der Waals surface area contributed by atoms with E-state index in [2.05, 4.69) is 22.2 Å². The van der Waals surface area contributed by atoms with Gasteiger partial charge in [0.05, 0.1) is 6.54 Å². The van der Waals surface area contributed by atoms with Gasteiger partial charge in [-0.15, -0.1) is 0 Å². The molecule has 116 valence electrons. The minimum Gasteiger partial charge on any atom is -0.347 e. The van der Waals surface area contributed by atoms with Gasteiger partial charge in [0, 0.05) is 32.5 Å². The number of amides is 3. The highest BCUT2D eigenvalue weighted by Crippen LogP contribution is 2.16. The van der Waals surface area contributed by atoms with E-state index in [1.807, 2.05) is 0 Å². The summed E-state index contributed by atoms with van der Waals surface area (Å²) < 4.78 is 0. The highest BCUT2D eigenvalue weighted by Gasteiger charge is 2.35. The summed E-state index contributed by atoms with van der Waals surface area (Å²) in [5.41, 5.74) is 0. The fraction of sp³-hybridized carbons (Fsp3) is 0.643. The number of urea groups is 1. The lowest BCUT2D eigenvalue weighted by Gasteiger charge is -2.39. The molecule has 1 unspecified atom stereocenters. The molecule has 0 bridgehead atoms. The highest BCUT2D eigenvalue weighted by atomic mass is 16.2. The van der Waals surface area contributed by atoms with E-state index in [9.17, 15) is 9.59 Å². The maximum absolute atomic E-state index is 12.3. The van der Waals surface area contributed by atoms with Crippen molar-refractivity contribution in [3.8, 4) is 0 Å². The number of carbonyl (C=O) groups excluding carboxylic acids is 2. The Bertz CT molecular complexity index is 474. The zero-order chi connectivity index (χ0) is 15.2. The number of hydrogen-bond acceptors (Lipinski definition) is 3. The summed E-state index contributed by atoms with van der Waals surface area (Å²) in [6.07, 6.45) is 6.02. The van der Waals surface area contributed by atoms with Crippen LogP contribution in [0.15, 0.2) is 12.4 Å². The quantitative estimate of drug-likeness (QED) is 0.848. The van der Waals surface area contributed by atoms with Crippen molar-refractivity contribution in [3.05, 3.63) is 18.2 Å². The smallest absolute Gasteiger partial charge is 0.318 e. The van der Waals surface area contributed by atoms with Gasteiger partial charge in [0.15, 0.2) is 0 Å². The number of nitrogens with one attached hydrogen (secondary N) is 2. The van der Waals surface area contributed by atoms with Gasteiger partial charge in [-0.2, -0.15) is 0 Å².